The van der Waals surface area contributed by atoms with Crippen LogP contribution in [-0.2, 0) is 14.3 Å². The summed E-state index contributed by atoms with van der Waals surface area (Å²) in [7, 11) is 1.31. The lowest BCUT2D eigenvalue weighted by atomic mass is 9.92. The van der Waals surface area contributed by atoms with Gasteiger partial charge in [-0.05, 0) is 31.1 Å². The summed E-state index contributed by atoms with van der Waals surface area (Å²) in [5.41, 5.74) is -0.183. The molecule has 0 bridgehead atoms. The standard InChI is InChI=1S/C17H30N2O4/c1-11(2)13-9-17(7-6-8-23-17)10-19(13)15(20)14(12(3)4)18-16(21)22-5/h11-14H,6-10H2,1-5H3,(H,18,21)/t13-,14-,17-/m0/s1. The fourth-order valence-electron chi connectivity index (χ4n) is 3.74. The molecule has 2 aliphatic rings. The lowest BCUT2D eigenvalue weighted by molar-refractivity contribution is -0.136. The van der Waals surface area contributed by atoms with E-state index in [-0.39, 0.29) is 23.5 Å². The summed E-state index contributed by atoms with van der Waals surface area (Å²) < 4.78 is 10.7. The van der Waals surface area contributed by atoms with Gasteiger partial charge in [-0.15, -0.1) is 0 Å². The van der Waals surface area contributed by atoms with Gasteiger partial charge in [0.05, 0.1) is 19.3 Å². The van der Waals surface area contributed by atoms with Gasteiger partial charge in [-0.2, -0.15) is 0 Å². The molecule has 2 saturated heterocycles. The van der Waals surface area contributed by atoms with E-state index in [2.05, 4.69) is 23.9 Å². The first kappa shape index (κ1) is 18.0. The second-order valence-corrected chi connectivity index (χ2v) is 7.47. The fourth-order valence-corrected chi connectivity index (χ4v) is 3.74. The monoisotopic (exact) mass is 326 g/mol. The van der Waals surface area contributed by atoms with Gasteiger partial charge in [0.15, 0.2) is 0 Å². The Bertz CT molecular complexity index is 444. The van der Waals surface area contributed by atoms with E-state index in [9.17, 15) is 9.59 Å². The number of rotatable bonds is 4. The molecule has 132 valence electrons. The Labute approximate surface area is 138 Å². The number of amides is 2. The van der Waals surface area contributed by atoms with Crippen molar-refractivity contribution in [2.24, 2.45) is 11.8 Å². The lowest BCUT2D eigenvalue weighted by Crippen LogP contribution is -2.53. The molecule has 2 fully saturated rings. The molecule has 0 aliphatic carbocycles. The van der Waals surface area contributed by atoms with Crippen molar-refractivity contribution in [1.29, 1.82) is 0 Å². The van der Waals surface area contributed by atoms with Crippen molar-refractivity contribution < 1.29 is 19.1 Å². The van der Waals surface area contributed by atoms with Crippen molar-refractivity contribution >= 4 is 12.0 Å². The first-order valence-electron chi connectivity index (χ1n) is 8.58. The zero-order valence-electron chi connectivity index (χ0n) is 14.9. The number of carbonyl (C=O) groups excluding carboxylic acids is 2. The molecule has 2 rings (SSSR count). The molecule has 2 heterocycles. The van der Waals surface area contributed by atoms with Crippen LogP contribution < -0.4 is 5.32 Å². The van der Waals surface area contributed by atoms with Crippen LogP contribution in [0, 0.1) is 11.8 Å². The average molecular weight is 326 g/mol. The van der Waals surface area contributed by atoms with Crippen LogP contribution in [0.3, 0.4) is 0 Å². The van der Waals surface area contributed by atoms with Gasteiger partial charge < -0.3 is 19.7 Å². The van der Waals surface area contributed by atoms with E-state index in [0.717, 1.165) is 25.9 Å². The van der Waals surface area contributed by atoms with Crippen LogP contribution in [0.2, 0.25) is 0 Å². The number of hydrogen-bond acceptors (Lipinski definition) is 4. The minimum absolute atomic E-state index is 0.00420. The summed E-state index contributed by atoms with van der Waals surface area (Å²) >= 11 is 0. The summed E-state index contributed by atoms with van der Waals surface area (Å²) in [6.45, 7) is 9.54. The van der Waals surface area contributed by atoms with Crippen LogP contribution in [0.25, 0.3) is 0 Å². The Balaban J connectivity index is 2.18. The third kappa shape index (κ3) is 3.79. The third-order valence-corrected chi connectivity index (χ3v) is 5.07. The molecule has 1 N–H and O–H groups in total. The highest BCUT2D eigenvalue weighted by molar-refractivity contribution is 5.86. The number of nitrogens with one attached hydrogen (secondary N) is 1. The van der Waals surface area contributed by atoms with Crippen LogP contribution in [-0.4, -0.2) is 54.8 Å². The SMILES string of the molecule is COC(=O)N[C@H](C(=O)N1C[C@]2(CCCO2)C[C@H]1C(C)C)C(C)C. The van der Waals surface area contributed by atoms with Gasteiger partial charge in [0.1, 0.15) is 6.04 Å². The van der Waals surface area contributed by atoms with Crippen LogP contribution in [0.15, 0.2) is 0 Å². The first-order chi connectivity index (χ1) is 10.8. The van der Waals surface area contributed by atoms with Crippen LogP contribution >= 0.6 is 0 Å². The molecule has 0 aromatic rings. The molecule has 0 aromatic heterocycles. The van der Waals surface area contributed by atoms with Crippen molar-refractivity contribution in [3.8, 4) is 0 Å². The predicted octanol–water partition coefficient (Wildman–Crippen LogP) is 2.17. The van der Waals surface area contributed by atoms with E-state index in [0.29, 0.717) is 12.5 Å². The molecular formula is C17H30N2O4. The summed E-state index contributed by atoms with van der Waals surface area (Å²) in [4.78, 5) is 26.6. The normalized spacial score (nSPS) is 28.7. The predicted molar refractivity (Wildman–Crippen MR) is 87.0 cm³/mol. The topological polar surface area (TPSA) is 67.9 Å². The second-order valence-electron chi connectivity index (χ2n) is 7.47. The van der Waals surface area contributed by atoms with Gasteiger partial charge in [0, 0.05) is 12.6 Å². The van der Waals surface area contributed by atoms with Gasteiger partial charge in [0.2, 0.25) is 5.91 Å². The van der Waals surface area contributed by atoms with Gasteiger partial charge in [-0.3, -0.25) is 4.79 Å². The molecule has 1 spiro atoms. The maximum Gasteiger partial charge on any atom is 0.407 e. The highest BCUT2D eigenvalue weighted by Crippen LogP contribution is 2.40. The zero-order chi connectivity index (χ0) is 17.2. The molecule has 23 heavy (non-hydrogen) atoms. The molecule has 3 atom stereocenters. The molecule has 0 saturated carbocycles. The molecule has 6 heteroatoms. The van der Waals surface area contributed by atoms with Gasteiger partial charge in [0.25, 0.3) is 0 Å². The molecule has 2 amide bonds. The quantitative estimate of drug-likeness (QED) is 0.860. The number of ether oxygens (including phenoxy) is 2. The Hall–Kier alpha value is -1.30. The molecular weight excluding hydrogens is 296 g/mol. The maximum absolute atomic E-state index is 13.1. The summed E-state index contributed by atoms with van der Waals surface area (Å²) in [5.74, 6) is 0.320. The molecule has 0 aromatic carbocycles. The second kappa shape index (κ2) is 7.07. The van der Waals surface area contributed by atoms with Crippen molar-refractivity contribution in [2.75, 3.05) is 20.3 Å². The van der Waals surface area contributed by atoms with Gasteiger partial charge in [-0.1, -0.05) is 27.7 Å². The molecule has 6 nitrogen and oxygen atoms in total. The Morgan fingerprint density at radius 2 is 2.00 bits per heavy atom. The van der Waals surface area contributed by atoms with E-state index in [1.807, 2.05) is 18.7 Å². The zero-order valence-corrected chi connectivity index (χ0v) is 14.9. The largest absolute Gasteiger partial charge is 0.453 e. The number of methoxy groups -OCH3 is 1. The van der Waals surface area contributed by atoms with E-state index in [1.165, 1.54) is 7.11 Å². The average Bonchev–Trinajstić information content (AvgIpc) is 3.11. The Morgan fingerprint density at radius 1 is 1.30 bits per heavy atom. The van der Waals surface area contributed by atoms with Crippen LogP contribution in [0.1, 0.15) is 47.0 Å². The smallest absolute Gasteiger partial charge is 0.407 e. The van der Waals surface area contributed by atoms with E-state index in [1.54, 1.807) is 0 Å². The number of hydrogen-bond donors (Lipinski definition) is 1. The number of nitrogens with zero attached hydrogens (tertiary/aromatic N) is 1. The third-order valence-electron chi connectivity index (χ3n) is 5.07. The van der Waals surface area contributed by atoms with E-state index < -0.39 is 12.1 Å². The number of alkyl carbamates (subject to hydrolysis) is 1. The first-order valence-corrected chi connectivity index (χ1v) is 8.58. The van der Waals surface area contributed by atoms with Crippen molar-refractivity contribution in [3.63, 3.8) is 0 Å². The maximum atomic E-state index is 13.1. The number of likely N-dealkylation sites (tertiary alicyclic amines) is 1. The molecule has 0 unspecified atom stereocenters. The summed E-state index contributed by atoms with van der Waals surface area (Å²) in [5, 5.41) is 2.69. The van der Waals surface area contributed by atoms with Crippen molar-refractivity contribution in [3.05, 3.63) is 0 Å². The van der Waals surface area contributed by atoms with E-state index in [4.69, 9.17) is 4.74 Å². The highest BCUT2D eigenvalue weighted by atomic mass is 16.5. The fraction of sp³-hybridized carbons (Fsp3) is 0.882. The summed E-state index contributed by atoms with van der Waals surface area (Å²) in [6, 6.07) is -0.415. The minimum atomic E-state index is -0.569. The van der Waals surface area contributed by atoms with Crippen molar-refractivity contribution in [2.45, 2.75) is 64.6 Å². The molecule has 0 radical (unpaired) electrons. The van der Waals surface area contributed by atoms with Crippen LogP contribution in [0.4, 0.5) is 4.79 Å². The number of carbonyl (C=O) groups is 2. The summed E-state index contributed by atoms with van der Waals surface area (Å²) in [6.07, 6.45) is 2.39. The highest BCUT2D eigenvalue weighted by Gasteiger charge is 2.50. The van der Waals surface area contributed by atoms with Gasteiger partial charge in [-0.25, -0.2) is 4.79 Å². The Morgan fingerprint density at radius 3 is 2.48 bits per heavy atom. The molecule has 2 aliphatic heterocycles. The van der Waals surface area contributed by atoms with Crippen LogP contribution in [0.5, 0.6) is 0 Å². The Kier molecular flexibility index (Phi) is 5.55. The minimum Gasteiger partial charge on any atom is -0.453 e. The van der Waals surface area contributed by atoms with Gasteiger partial charge >= 0.3 is 6.09 Å². The lowest BCUT2D eigenvalue weighted by Gasteiger charge is -2.32. The van der Waals surface area contributed by atoms with Crippen molar-refractivity contribution in [1.82, 2.24) is 10.2 Å². The van der Waals surface area contributed by atoms with E-state index >= 15 is 0 Å².